The fraction of sp³-hybridized carbons (Fsp3) is 0.308. The number of benzene rings is 1. The van der Waals surface area contributed by atoms with Gasteiger partial charge in [0.05, 0.1) is 9.88 Å². The molecule has 2 rings (SSSR count). The van der Waals surface area contributed by atoms with Crippen LogP contribution in [0.2, 0.25) is 0 Å². The van der Waals surface area contributed by atoms with Crippen molar-refractivity contribution in [2.24, 2.45) is 5.73 Å². The Morgan fingerprint density at radius 1 is 1.50 bits per heavy atom. The van der Waals surface area contributed by atoms with Crippen LogP contribution in [-0.4, -0.2) is 4.98 Å². The van der Waals surface area contributed by atoms with Crippen LogP contribution in [0.4, 0.5) is 4.39 Å². The molecule has 3 nitrogen and oxygen atoms in total. The van der Waals surface area contributed by atoms with E-state index in [2.05, 4.69) is 4.98 Å². The molecule has 0 saturated carbocycles. The Kier molecular flexibility index (Phi) is 3.93. The van der Waals surface area contributed by atoms with Crippen molar-refractivity contribution >= 4 is 11.3 Å². The van der Waals surface area contributed by atoms with E-state index in [0.717, 1.165) is 9.88 Å². The third kappa shape index (κ3) is 3.05. The maximum atomic E-state index is 13.7. The van der Waals surface area contributed by atoms with E-state index in [4.69, 9.17) is 10.5 Å². The number of halogens is 1. The van der Waals surface area contributed by atoms with Gasteiger partial charge in [-0.2, -0.15) is 0 Å². The second-order valence-electron chi connectivity index (χ2n) is 4.11. The third-order valence-corrected chi connectivity index (χ3v) is 3.40. The molecule has 2 N–H and O–H groups in total. The molecule has 0 radical (unpaired) electrons. The molecule has 1 heterocycles. The fourth-order valence-corrected chi connectivity index (χ4v) is 2.30. The van der Waals surface area contributed by atoms with E-state index >= 15 is 0 Å². The van der Waals surface area contributed by atoms with E-state index in [1.165, 1.54) is 6.07 Å². The van der Waals surface area contributed by atoms with Gasteiger partial charge in [0.2, 0.25) is 0 Å². The Morgan fingerprint density at radius 3 is 2.83 bits per heavy atom. The predicted molar refractivity (Wildman–Crippen MR) is 70.2 cm³/mol. The lowest BCUT2D eigenvalue weighted by Gasteiger charge is -2.09. The molecule has 0 amide bonds. The van der Waals surface area contributed by atoms with Crippen molar-refractivity contribution in [3.8, 4) is 5.75 Å². The summed E-state index contributed by atoms with van der Waals surface area (Å²) in [7, 11) is 0. The van der Waals surface area contributed by atoms with E-state index in [0.29, 0.717) is 17.9 Å². The topological polar surface area (TPSA) is 48.1 Å². The SMILES string of the molecule is Cc1ncc(COc2ccc(C(C)N)c(F)c2)s1. The minimum absolute atomic E-state index is 0.316. The zero-order valence-electron chi connectivity index (χ0n) is 10.3. The summed E-state index contributed by atoms with van der Waals surface area (Å²) in [5.41, 5.74) is 6.14. The highest BCUT2D eigenvalue weighted by Gasteiger charge is 2.08. The Balaban J connectivity index is 2.04. The first-order chi connectivity index (χ1) is 8.56. The van der Waals surface area contributed by atoms with Crippen LogP contribution in [0.5, 0.6) is 5.75 Å². The lowest BCUT2D eigenvalue weighted by atomic mass is 10.1. The maximum absolute atomic E-state index is 13.7. The Hall–Kier alpha value is -1.46. The molecule has 0 spiro atoms. The van der Waals surface area contributed by atoms with Gasteiger partial charge in [0.1, 0.15) is 18.2 Å². The zero-order chi connectivity index (χ0) is 13.1. The minimum atomic E-state index is -0.331. The molecule has 1 aromatic carbocycles. The number of nitrogens with two attached hydrogens (primary N) is 1. The average molecular weight is 266 g/mol. The van der Waals surface area contributed by atoms with Crippen molar-refractivity contribution < 1.29 is 9.13 Å². The van der Waals surface area contributed by atoms with Gasteiger partial charge >= 0.3 is 0 Å². The van der Waals surface area contributed by atoms with Crippen molar-refractivity contribution in [1.29, 1.82) is 0 Å². The van der Waals surface area contributed by atoms with Crippen LogP contribution in [0.3, 0.4) is 0 Å². The van der Waals surface area contributed by atoms with Crippen molar-refractivity contribution in [1.82, 2.24) is 4.98 Å². The van der Waals surface area contributed by atoms with Crippen molar-refractivity contribution in [3.05, 3.63) is 45.7 Å². The Labute approximate surface area is 109 Å². The van der Waals surface area contributed by atoms with Crippen LogP contribution in [-0.2, 0) is 6.61 Å². The average Bonchev–Trinajstić information content (AvgIpc) is 2.72. The standard InChI is InChI=1S/C13H15FN2OS/c1-8(15)12-4-3-10(5-13(12)14)17-7-11-6-16-9(2)18-11/h3-6,8H,7,15H2,1-2H3. The summed E-state index contributed by atoms with van der Waals surface area (Å²) in [6.07, 6.45) is 1.77. The van der Waals surface area contributed by atoms with Crippen LogP contribution < -0.4 is 10.5 Å². The van der Waals surface area contributed by atoms with Gasteiger partial charge in [-0.3, -0.25) is 0 Å². The first-order valence-corrected chi connectivity index (χ1v) is 6.47. The third-order valence-electron chi connectivity index (χ3n) is 2.51. The van der Waals surface area contributed by atoms with Crippen LogP contribution in [0, 0.1) is 12.7 Å². The van der Waals surface area contributed by atoms with Gasteiger partial charge in [0.25, 0.3) is 0 Å². The van der Waals surface area contributed by atoms with E-state index in [-0.39, 0.29) is 11.9 Å². The van der Waals surface area contributed by atoms with Gasteiger partial charge in [-0.15, -0.1) is 11.3 Å². The molecule has 1 unspecified atom stereocenters. The molecule has 0 aliphatic carbocycles. The summed E-state index contributed by atoms with van der Waals surface area (Å²) >= 11 is 1.57. The summed E-state index contributed by atoms with van der Waals surface area (Å²) in [5.74, 6) is 0.172. The normalized spacial score (nSPS) is 12.4. The van der Waals surface area contributed by atoms with Crippen molar-refractivity contribution in [3.63, 3.8) is 0 Å². The van der Waals surface area contributed by atoms with Crippen LogP contribution in [0.15, 0.2) is 24.4 Å². The minimum Gasteiger partial charge on any atom is -0.488 e. The maximum Gasteiger partial charge on any atom is 0.131 e. The van der Waals surface area contributed by atoms with E-state index in [1.807, 2.05) is 6.92 Å². The zero-order valence-corrected chi connectivity index (χ0v) is 11.1. The molecular weight excluding hydrogens is 251 g/mol. The number of rotatable bonds is 4. The van der Waals surface area contributed by atoms with Gasteiger partial charge in [-0.05, 0) is 19.9 Å². The second kappa shape index (κ2) is 5.46. The molecule has 0 fully saturated rings. The van der Waals surface area contributed by atoms with Crippen LogP contribution in [0.25, 0.3) is 0 Å². The molecule has 1 aromatic heterocycles. The van der Waals surface area contributed by atoms with Gasteiger partial charge < -0.3 is 10.5 Å². The second-order valence-corrected chi connectivity index (χ2v) is 5.43. The smallest absolute Gasteiger partial charge is 0.131 e. The summed E-state index contributed by atoms with van der Waals surface area (Å²) < 4.78 is 19.2. The highest BCUT2D eigenvalue weighted by atomic mass is 32.1. The number of aromatic nitrogens is 1. The summed E-state index contributed by atoms with van der Waals surface area (Å²) in [6.45, 7) is 4.09. The lowest BCUT2D eigenvalue weighted by molar-refractivity contribution is 0.307. The van der Waals surface area contributed by atoms with E-state index in [1.54, 1.807) is 36.6 Å². The fourth-order valence-electron chi connectivity index (χ4n) is 1.59. The molecule has 1 atom stereocenters. The molecule has 5 heteroatoms. The number of thiazole rings is 1. The molecule has 96 valence electrons. The number of hydrogen-bond acceptors (Lipinski definition) is 4. The quantitative estimate of drug-likeness (QED) is 0.924. The Morgan fingerprint density at radius 2 is 2.28 bits per heavy atom. The van der Waals surface area contributed by atoms with Crippen LogP contribution >= 0.6 is 11.3 Å². The number of aryl methyl sites for hydroxylation is 1. The largest absolute Gasteiger partial charge is 0.488 e. The molecule has 18 heavy (non-hydrogen) atoms. The molecule has 0 aliphatic heterocycles. The molecule has 0 aliphatic rings. The van der Waals surface area contributed by atoms with E-state index < -0.39 is 0 Å². The number of nitrogens with zero attached hydrogens (tertiary/aromatic N) is 1. The Bertz CT molecular complexity index is 540. The lowest BCUT2D eigenvalue weighted by Crippen LogP contribution is -2.07. The van der Waals surface area contributed by atoms with Crippen LogP contribution in [0.1, 0.15) is 28.4 Å². The first-order valence-electron chi connectivity index (χ1n) is 5.65. The summed E-state index contributed by atoms with van der Waals surface area (Å²) in [4.78, 5) is 5.15. The monoisotopic (exact) mass is 266 g/mol. The van der Waals surface area contributed by atoms with Gasteiger partial charge in [-0.1, -0.05) is 6.07 Å². The molecule has 0 bridgehead atoms. The highest BCUT2D eigenvalue weighted by Crippen LogP contribution is 2.22. The number of ether oxygens (including phenoxy) is 1. The van der Waals surface area contributed by atoms with Gasteiger partial charge in [-0.25, -0.2) is 9.37 Å². The molecule has 2 aromatic rings. The van der Waals surface area contributed by atoms with Crippen molar-refractivity contribution in [2.45, 2.75) is 26.5 Å². The molecular formula is C13H15FN2OS. The predicted octanol–water partition coefficient (Wildman–Crippen LogP) is 3.19. The van der Waals surface area contributed by atoms with Crippen molar-refractivity contribution in [2.75, 3.05) is 0 Å². The molecule has 0 saturated heterocycles. The summed E-state index contributed by atoms with van der Waals surface area (Å²) in [6, 6.07) is 4.44. The number of hydrogen-bond donors (Lipinski definition) is 1. The first kappa shape index (κ1) is 13.0. The van der Waals surface area contributed by atoms with Gasteiger partial charge in [0.15, 0.2) is 0 Å². The summed E-state index contributed by atoms with van der Waals surface area (Å²) in [5, 5.41) is 0.993. The highest BCUT2D eigenvalue weighted by molar-refractivity contribution is 7.11. The van der Waals surface area contributed by atoms with Gasteiger partial charge in [0, 0.05) is 23.9 Å². The van der Waals surface area contributed by atoms with E-state index in [9.17, 15) is 4.39 Å².